The molecule has 8 heteroatoms. The highest BCUT2D eigenvalue weighted by molar-refractivity contribution is 6.30. The van der Waals surface area contributed by atoms with Crippen molar-refractivity contribution in [2.45, 2.75) is 32.1 Å². The Morgan fingerprint density at radius 3 is 2.52 bits per heavy atom. The number of halogens is 1. The molecule has 1 saturated carbocycles. The first-order valence-electron chi connectivity index (χ1n) is 9.12. The van der Waals surface area contributed by atoms with Crippen LogP contribution < -0.4 is 10.6 Å². The van der Waals surface area contributed by atoms with Crippen LogP contribution in [0, 0.1) is 5.92 Å². The fourth-order valence-electron chi connectivity index (χ4n) is 3.27. The molecule has 1 heterocycles. The lowest BCUT2D eigenvalue weighted by Crippen LogP contribution is -2.43. The van der Waals surface area contributed by atoms with Gasteiger partial charge >= 0.3 is 6.03 Å². The Morgan fingerprint density at radius 2 is 1.85 bits per heavy atom. The lowest BCUT2D eigenvalue weighted by molar-refractivity contribution is -0.116. The highest BCUT2D eigenvalue weighted by Gasteiger charge is 2.23. The Kier molecular flexibility index (Phi) is 6.70. The number of benzene rings is 1. The molecule has 1 fully saturated rings. The number of aromatic nitrogens is 1. The Hall–Kier alpha value is -2.54. The molecule has 0 radical (unpaired) electrons. The first-order valence-corrected chi connectivity index (χ1v) is 9.49. The summed E-state index contributed by atoms with van der Waals surface area (Å²) >= 11 is 5.89. The molecule has 1 aromatic carbocycles. The molecule has 144 valence electrons. The van der Waals surface area contributed by atoms with E-state index < -0.39 is 0 Å². The van der Waals surface area contributed by atoms with E-state index in [4.69, 9.17) is 16.1 Å². The molecule has 0 atom stereocenters. The second kappa shape index (κ2) is 9.41. The van der Waals surface area contributed by atoms with Gasteiger partial charge < -0.3 is 20.1 Å². The minimum absolute atomic E-state index is 0.0528. The van der Waals surface area contributed by atoms with E-state index in [1.54, 1.807) is 35.2 Å². The number of nitrogens with one attached hydrogen (secondary N) is 2. The number of carbonyl (C=O) groups is 2. The van der Waals surface area contributed by atoms with Gasteiger partial charge in [0.05, 0.1) is 0 Å². The quantitative estimate of drug-likeness (QED) is 0.766. The van der Waals surface area contributed by atoms with Crippen LogP contribution in [-0.2, 0) is 4.79 Å². The molecular formula is C19H23ClN4O3. The topological polar surface area (TPSA) is 87.5 Å². The monoisotopic (exact) mass is 390 g/mol. The maximum absolute atomic E-state index is 12.8. The van der Waals surface area contributed by atoms with Crippen molar-refractivity contribution in [1.29, 1.82) is 0 Å². The summed E-state index contributed by atoms with van der Waals surface area (Å²) in [6, 6.07) is 8.12. The summed E-state index contributed by atoms with van der Waals surface area (Å²) in [6.45, 7) is 0.494. The summed E-state index contributed by atoms with van der Waals surface area (Å²) < 4.78 is 4.71. The Labute approximate surface area is 163 Å². The van der Waals surface area contributed by atoms with Gasteiger partial charge in [-0.1, -0.05) is 36.0 Å². The molecule has 3 rings (SSSR count). The SMILES string of the molecule is O=C(CN(CC1CCCCC1)C(=O)Nc1ccc(Cl)cc1)Nc1ccon1. The molecule has 0 unspecified atom stereocenters. The minimum Gasteiger partial charge on any atom is -0.363 e. The highest BCUT2D eigenvalue weighted by Crippen LogP contribution is 2.25. The fraction of sp³-hybridized carbons (Fsp3) is 0.421. The summed E-state index contributed by atoms with van der Waals surface area (Å²) in [5, 5.41) is 9.73. The predicted molar refractivity (Wildman–Crippen MR) is 104 cm³/mol. The molecule has 1 aromatic heterocycles. The third kappa shape index (κ3) is 5.99. The van der Waals surface area contributed by atoms with Crippen LogP contribution in [0.5, 0.6) is 0 Å². The Balaban J connectivity index is 1.64. The maximum atomic E-state index is 12.8. The number of amides is 3. The van der Waals surface area contributed by atoms with E-state index in [-0.39, 0.29) is 18.5 Å². The molecular weight excluding hydrogens is 368 g/mol. The van der Waals surface area contributed by atoms with Crippen molar-refractivity contribution < 1.29 is 14.1 Å². The van der Waals surface area contributed by atoms with Gasteiger partial charge in [0.1, 0.15) is 12.8 Å². The number of anilines is 2. The Bertz CT molecular complexity index is 743. The van der Waals surface area contributed by atoms with Gasteiger partial charge in [-0.05, 0) is 43.0 Å². The second-order valence-electron chi connectivity index (χ2n) is 6.75. The standard InChI is InChI=1S/C19H23ClN4O3/c20-15-6-8-16(9-7-15)21-19(26)24(12-14-4-2-1-3-5-14)13-18(25)22-17-10-11-27-23-17/h6-11,14H,1-5,12-13H2,(H,21,26)(H,22,23,25). The number of hydrogen-bond donors (Lipinski definition) is 2. The lowest BCUT2D eigenvalue weighted by Gasteiger charge is -2.29. The summed E-state index contributed by atoms with van der Waals surface area (Å²) in [5.74, 6) is 0.427. The summed E-state index contributed by atoms with van der Waals surface area (Å²) in [4.78, 5) is 26.7. The Morgan fingerprint density at radius 1 is 1.11 bits per heavy atom. The van der Waals surface area contributed by atoms with Crippen molar-refractivity contribution in [3.05, 3.63) is 41.6 Å². The molecule has 1 aliphatic carbocycles. The first-order chi connectivity index (χ1) is 13.1. The van der Waals surface area contributed by atoms with Gasteiger partial charge in [0, 0.05) is 23.3 Å². The van der Waals surface area contributed by atoms with Gasteiger partial charge in [-0.3, -0.25) is 4.79 Å². The molecule has 27 heavy (non-hydrogen) atoms. The van der Waals surface area contributed by atoms with Crippen LogP contribution >= 0.6 is 11.6 Å². The van der Waals surface area contributed by atoms with Gasteiger partial charge in [-0.15, -0.1) is 0 Å². The number of urea groups is 1. The molecule has 7 nitrogen and oxygen atoms in total. The number of hydrogen-bond acceptors (Lipinski definition) is 4. The summed E-state index contributed by atoms with van der Waals surface area (Å²) in [5.41, 5.74) is 0.634. The number of carbonyl (C=O) groups excluding carboxylic acids is 2. The van der Waals surface area contributed by atoms with E-state index in [1.165, 1.54) is 25.5 Å². The number of rotatable bonds is 6. The number of nitrogens with zero attached hydrogens (tertiary/aromatic N) is 2. The summed E-state index contributed by atoms with van der Waals surface area (Å²) in [6.07, 6.45) is 7.11. The van der Waals surface area contributed by atoms with Crippen LogP contribution in [0.2, 0.25) is 5.02 Å². The van der Waals surface area contributed by atoms with E-state index in [2.05, 4.69) is 15.8 Å². The molecule has 2 aromatic rings. The van der Waals surface area contributed by atoms with E-state index in [0.29, 0.717) is 29.0 Å². The molecule has 0 saturated heterocycles. The van der Waals surface area contributed by atoms with Gasteiger partial charge in [0.2, 0.25) is 5.91 Å². The van der Waals surface area contributed by atoms with Crippen LogP contribution in [0.1, 0.15) is 32.1 Å². The van der Waals surface area contributed by atoms with E-state index in [9.17, 15) is 9.59 Å². The average molecular weight is 391 g/mol. The van der Waals surface area contributed by atoms with Crippen LogP contribution in [0.25, 0.3) is 0 Å². The normalized spacial score (nSPS) is 14.6. The maximum Gasteiger partial charge on any atom is 0.322 e. The highest BCUT2D eigenvalue weighted by atomic mass is 35.5. The summed E-state index contributed by atoms with van der Waals surface area (Å²) in [7, 11) is 0. The van der Waals surface area contributed by atoms with Crippen molar-refractivity contribution in [1.82, 2.24) is 10.1 Å². The molecule has 2 N–H and O–H groups in total. The van der Waals surface area contributed by atoms with Gasteiger partial charge in [-0.25, -0.2) is 4.79 Å². The predicted octanol–water partition coefficient (Wildman–Crippen LogP) is 4.38. The second-order valence-corrected chi connectivity index (χ2v) is 7.19. The minimum atomic E-state index is -0.314. The van der Waals surface area contributed by atoms with Crippen LogP contribution in [-0.4, -0.2) is 35.1 Å². The molecule has 1 aliphatic rings. The van der Waals surface area contributed by atoms with Gasteiger partial charge in [-0.2, -0.15) is 0 Å². The van der Waals surface area contributed by atoms with Crippen LogP contribution in [0.3, 0.4) is 0 Å². The fourth-order valence-corrected chi connectivity index (χ4v) is 3.40. The zero-order chi connectivity index (χ0) is 19.1. The zero-order valence-electron chi connectivity index (χ0n) is 15.0. The van der Waals surface area contributed by atoms with Crippen molar-refractivity contribution in [2.24, 2.45) is 5.92 Å². The third-order valence-corrected chi connectivity index (χ3v) is 4.88. The van der Waals surface area contributed by atoms with E-state index >= 15 is 0 Å². The smallest absolute Gasteiger partial charge is 0.322 e. The van der Waals surface area contributed by atoms with E-state index in [0.717, 1.165) is 12.8 Å². The van der Waals surface area contributed by atoms with Crippen molar-refractivity contribution >= 4 is 35.0 Å². The van der Waals surface area contributed by atoms with Crippen molar-refractivity contribution in [2.75, 3.05) is 23.7 Å². The van der Waals surface area contributed by atoms with E-state index in [1.807, 2.05) is 0 Å². The van der Waals surface area contributed by atoms with Crippen molar-refractivity contribution in [3.63, 3.8) is 0 Å². The molecule has 0 aliphatic heterocycles. The van der Waals surface area contributed by atoms with Crippen molar-refractivity contribution in [3.8, 4) is 0 Å². The lowest BCUT2D eigenvalue weighted by atomic mass is 9.89. The van der Waals surface area contributed by atoms with Gasteiger partial charge in [0.15, 0.2) is 5.82 Å². The third-order valence-electron chi connectivity index (χ3n) is 4.63. The van der Waals surface area contributed by atoms with Gasteiger partial charge in [0.25, 0.3) is 0 Å². The molecule has 0 spiro atoms. The largest absolute Gasteiger partial charge is 0.363 e. The van der Waals surface area contributed by atoms with Crippen LogP contribution in [0.15, 0.2) is 41.1 Å². The molecule has 3 amide bonds. The first kappa shape index (κ1) is 19.2. The molecule has 0 bridgehead atoms. The zero-order valence-corrected chi connectivity index (χ0v) is 15.7. The average Bonchev–Trinajstić information content (AvgIpc) is 3.17. The van der Waals surface area contributed by atoms with Crippen LogP contribution in [0.4, 0.5) is 16.3 Å².